The number of carbonyl (C=O) groups is 1. The Balaban J connectivity index is 1.31. The molecule has 1 aliphatic rings. The lowest BCUT2D eigenvalue weighted by molar-refractivity contribution is -0.133. The van der Waals surface area contributed by atoms with Crippen LogP contribution in [0.25, 0.3) is 0 Å². The number of amides is 1. The molecule has 1 atom stereocenters. The molecule has 1 amide bonds. The van der Waals surface area contributed by atoms with E-state index < -0.39 is 0 Å². The first-order valence-electron chi connectivity index (χ1n) is 10.9. The predicted octanol–water partition coefficient (Wildman–Crippen LogP) is 4.55. The molecule has 1 fully saturated rings. The highest BCUT2D eigenvalue weighted by molar-refractivity contribution is 5.76. The fourth-order valence-corrected chi connectivity index (χ4v) is 4.10. The molecule has 1 unspecified atom stereocenters. The highest BCUT2D eigenvalue weighted by Crippen LogP contribution is 2.32. The maximum atomic E-state index is 12.8. The summed E-state index contributed by atoms with van der Waals surface area (Å²) in [6.07, 6.45) is 4.21. The van der Waals surface area contributed by atoms with Crippen LogP contribution in [0, 0.1) is 0 Å². The van der Waals surface area contributed by atoms with Crippen molar-refractivity contribution in [2.75, 3.05) is 13.1 Å². The molecule has 2 heterocycles. The molecule has 1 saturated heterocycles. The molecular weight excluding hydrogens is 390 g/mol. The maximum Gasteiger partial charge on any atom is 0.264 e. The average molecular weight is 420 g/mol. The molecule has 0 radical (unpaired) electrons. The van der Waals surface area contributed by atoms with Crippen LogP contribution >= 0.6 is 0 Å². The van der Waals surface area contributed by atoms with Crippen LogP contribution in [0.4, 0.5) is 0 Å². The van der Waals surface area contributed by atoms with Crippen molar-refractivity contribution in [3.8, 4) is 5.75 Å². The predicted molar refractivity (Wildman–Crippen MR) is 118 cm³/mol. The molecule has 2 aromatic carbocycles. The normalized spacial score (nSPS) is 18.7. The summed E-state index contributed by atoms with van der Waals surface area (Å²) < 4.78 is 11.1. The van der Waals surface area contributed by atoms with E-state index in [1.54, 1.807) is 0 Å². The first kappa shape index (κ1) is 21.1. The zero-order chi connectivity index (χ0) is 21.5. The van der Waals surface area contributed by atoms with Gasteiger partial charge in [0.15, 0.2) is 12.4 Å². The summed E-state index contributed by atoms with van der Waals surface area (Å²) in [5.41, 5.74) is 0.970. The smallest absolute Gasteiger partial charge is 0.264 e. The van der Waals surface area contributed by atoms with Crippen molar-refractivity contribution in [2.45, 2.75) is 51.0 Å². The van der Waals surface area contributed by atoms with E-state index in [1.165, 1.54) is 5.56 Å². The third kappa shape index (κ3) is 5.51. The van der Waals surface area contributed by atoms with Gasteiger partial charge in [0.1, 0.15) is 5.75 Å². The number of benzene rings is 2. The quantitative estimate of drug-likeness (QED) is 0.536. The zero-order valence-corrected chi connectivity index (χ0v) is 18.0. The fourth-order valence-electron chi connectivity index (χ4n) is 4.10. The molecule has 1 aliphatic heterocycles. The number of piperidine rings is 1. The van der Waals surface area contributed by atoms with Gasteiger partial charge < -0.3 is 14.2 Å². The second kappa shape index (κ2) is 9.77. The molecule has 1 aromatic heterocycles. The molecule has 0 spiro atoms. The Hall–Kier alpha value is -3.15. The van der Waals surface area contributed by atoms with Crippen LogP contribution in [0.3, 0.4) is 0 Å². The van der Waals surface area contributed by atoms with Crippen molar-refractivity contribution in [1.82, 2.24) is 15.0 Å². The van der Waals surface area contributed by atoms with Gasteiger partial charge in [0, 0.05) is 24.9 Å². The minimum Gasteiger partial charge on any atom is -0.484 e. The number of nitrogens with zero attached hydrogens (tertiary/aromatic N) is 3. The van der Waals surface area contributed by atoms with Gasteiger partial charge in [-0.05, 0) is 43.4 Å². The molecule has 6 heteroatoms. The third-order valence-electron chi connectivity index (χ3n) is 5.86. The molecule has 6 nitrogen and oxygen atoms in total. The van der Waals surface area contributed by atoms with E-state index in [0.29, 0.717) is 24.7 Å². The molecule has 31 heavy (non-hydrogen) atoms. The van der Waals surface area contributed by atoms with Crippen molar-refractivity contribution in [2.24, 2.45) is 0 Å². The Morgan fingerprint density at radius 3 is 2.65 bits per heavy atom. The summed E-state index contributed by atoms with van der Waals surface area (Å²) in [6.45, 7) is 3.76. The molecule has 162 valence electrons. The van der Waals surface area contributed by atoms with Crippen molar-refractivity contribution in [3.05, 3.63) is 77.9 Å². The largest absolute Gasteiger partial charge is 0.484 e. The number of hydrogen-bond donors (Lipinski definition) is 0. The van der Waals surface area contributed by atoms with E-state index in [9.17, 15) is 4.79 Å². The second-order valence-corrected chi connectivity index (χ2v) is 8.43. The Morgan fingerprint density at radius 1 is 1.13 bits per heavy atom. The number of para-hydroxylation sites is 1. The second-order valence-electron chi connectivity index (χ2n) is 8.43. The van der Waals surface area contributed by atoms with Crippen LogP contribution in [0.5, 0.6) is 5.75 Å². The number of ether oxygens (including phenoxy) is 1. The Kier molecular flexibility index (Phi) is 6.65. The van der Waals surface area contributed by atoms with E-state index in [2.05, 4.69) is 29.2 Å². The number of hydrogen-bond acceptors (Lipinski definition) is 5. The van der Waals surface area contributed by atoms with Crippen molar-refractivity contribution < 1.29 is 14.1 Å². The van der Waals surface area contributed by atoms with E-state index in [-0.39, 0.29) is 17.9 Å². The fraction of sp³-hybridized carbons (Fsp3) is 0.400. The van der Waals surface area contributed by atoms with Crippen LogP contribution in [0.1, 0.15) is 49.9 Å². The van der Waals surface area contributed by atoms with Gasteiger partial charge in [-0.2, -0.15) is 4.98 Å². The van der Waals surface area contributed by atoms with Gasteiger partial charge in [0.05, 0.1) is 0 Å². The zero-order valence-electron chi connectivity index (χ0n) is 18.0. The number of aromatic nitrogens is 2. The summed E-state index contributed by atoms with van der Waals surface area (Å²) in [5.74, 6) is 2.07. The number of rotatable bonds is 8. The maximum absolute atomic E-state index is 12.8. The number of likely N-dealkylation sites (tertiary alicyclic amines) is 1. The summed E-state index contributed by atoms with van der Waals surface area (Å²) in [4.78, 5) is 19.4. The standard InChI is InChI=1S/C25H29N3O3/c1-25(24-26-22(31-27-24)18-30-21-13-6-3-7-14-21)16-9-17-28(19-25)23(29)15-8-12-20-10-4-2-5-11-20/h2-7,10-11,13-14H,8-9,12,15-19H2,1H3. The minimum absolute atomic E-state index is 0.206. The molecule has 0 N–H and O–H groups in total. The van der Waals surface area contributed by atoms with Crippen LogP contribution in [0.2, 0.25) is 0 Å². The van der Waals surface area contributed by atoms with Crippen molar-refractivity contribution in [3.63, 3.8) is 0 Å². The topological polar surface area (TPSA) is 68.5 Å². The summed E-state index contributed by atoms with van der Waals surface area (Å²) in [6, 6.07) is 19.9. The van der Waals surface area contributed by atoms with E-state index in [4.69, 9.17) is 9.26 Å². The number of aryl methyl sites for hydroxylation is 1. The van der Waals surface area contributed by atoms with Gasteiger partial charge in [-0.15, -0.1) is 0 Å². The van der Waals surface area contributed by atoms with Crippen LogP contribution in [-0.4, -0.2) is 34.0 Å². The van der Waals surface area contributed by atoms with Crippen LogP contribution < -0.4 is 4.74 Å². The first-order valence-corrected chi connectivity index (χ1v) is 10.9. The van der Waals surface area contributed by atoms with E-state index in [0.717, 1.165) is 38.0 Å². The van der Waals surface area contributed by atoms with Gasteiger partial charge in [0.25, 0.3) is 5.89 Å². The van der Waals surface area contributed by atoms with Gasteiger partial charge in [0.2, 0.25) is 5.91 Å². The molecule has 3 aromatic rings. The van der Waals surface area contributed by atoms with Gasteiger partial charge >= 0.3 is 0 Å². The molecule has 0 saturated carbocycles. The van der Waals surface area contributed by atoms with E-state index in [1.807, 2.05) is 53.4 Å². The Bertz CT molecular complexity index is 974. The summed E-state index contributed by atoms with van der Waals surface area (Å²) in [7, 11) is 0. The van der Waals surface area contributed by atoms with Crippen LogP contribution in [-0.2, 0) is 23.2 Å². The highest BCUT2D eigenvalue weighted by atomic mass is 16.5. The van der Waals surface area contributed by atoms with Crippen molar-refractivity contribution in [1.29, 1.82) is 0 Å². The van der Waals surface area contributed by atoms with Crippen molar-refractivity contribution >= 4 is 5.91 Å². The molecule has 0 aliphatic carbocycles. The summed E-state index contributed by atoms with van der Waals surface area (Å²) >= 11 is 0. The molecule has 4 rings (SSSR count). The highest BCUT2D eigenvalue weighted by Gasteiger charge is 2.38. The van der Waals surface area contributed by atoms with Gasteiger partial charge in [-0.1, -0.05) is 60.6 Å². The summed E-state index contributed by atoms with van der Waals surface area (Å²) in [5, 5.41) is 4.22. The minimum atomic E-state index is -0.304. The first-order chi connectivity index (χ1) is 15.1. The van der Waals surface area contributed by atoms with Gasteiger partial charge in [-0.25, -0.2) is 0 Å². The lowest BCUT2D eigenvalue weighted by atomic mass is 9.81. The molecular formula is C25H29N3O3. The average Bonchev–Trinajstić information content (AvgIpc) is 3.29. The lowest BCUT2D eigenvalue weighted by Crippen LogP contribution is -2.47. The Morgan fingerprint density at radius 2 is 1.87 bits per heavy atom. The lowest BCUT2D eigenvalue weighted by Gasteiger charge is -2.38. The van der Waals surface area contributed by atoms with Gasteiger partial charge in [-0.3, -0.25) is 4.79 Å². The Labute approximate surface area is 183 Å². The number of carbonyl (C=O) groups excluding carboxylic acids is 1. The third-order valence-corrected chi connectivity index (χ3v) is 5.86. The van der Waals surface area contributed by atoms with Crippen LogP contribution in [0.15, 0.2) is 65.2 Å². The molecule has 0 bridgehead atoms. The SMILES string of the molecule is CC1(c2noc(COc3ccccc3)n2)CCCN(C(=O)CCCc2ccccc2)C1. The monoisotopic (exact) mass is 419 g/mol. The van der Waals surface area contributed by atoms with E-state index >= 15 is 0 Å².